The van der Waals surface area contributed by atoms with Crippen molar-refractivity contribution >= 4 is 0 Å². The van der Waals surface area contributed by atoms with Gasteiger partial charge in [-0.15, -0.1) is 6.58 Å². The van der Waals surface area contributed by atoms with Crippen LogP contribution in [-0.2, 0) is 4.74 Å². The molecular weight excluding hydrogens is 310 g/mol. The number of hydrogen-bond donors (Lipinski definition) is 0. The Bertz CT molecular complexity index is 669. The molecule has 2 aromatic rings. The predicted octanol–water partition coefficient (Wildman–Crippen LogP) is 5.37. The number of hydrogen-bond acceptors (Lipinski definition) is 3. The lowest BCUT2D eigenvalue weighted by molar-refractivity contribution is 0.156. The second-order valence-corrected chi connectivity index (χ2v) is 5.84. The lowest BCUT2D eigenvalue weighted by Crippen LogP contribution is -1.98. The molecule has 0 saturated carbocycles. The molecule has 0 atom stereocenters. The molecule has 0 aliphatic heterocycles. The van der Waals surface area contributed by atoms with Gasteiger partial charge in [-0.1, -0.05) is 36.8 Å². The van der Waals surface area contributed by atoms with Gasteiger partial charge in [0.05, 0.1) is 24.8 Å². The second kappa shape index (κ2) is 11.1. The van der Waals surface area contributed by atoms with Gasteiger partial charge in [0.1, 0.15) is 5.75 Å². The van der Waals surface area contributed by atoms with Gasteiger partial charge in [0, 0.05) is 6.61 Å². The second-order valence-electron chi connectivity index (χ2n) is 5.84. The number of unbranched alkanes of at least 4 members (excludes halogenated alkanes) is 3. The number of benzene rings is 2. The van der Waals surface area contributed by atoms with Crippen LogP contribution in [0.5, 0.6) is 5.75 Å². The van der Waals surface area contributed by atoms with Crippen molar-refractivity contribution in [3.8, 4) is 22.9 Å². The lowest BCUT2D eigenvalue weighted by Gasteiger charge is -2.08. The first-order valence-corrected chi connectivity index (χ1v) is 8.75. The number of nitriles is 1. The first-order valence-electron chi connectivity index (χ1n) is 8.75. The van der Waals surface area contributed by atoms with Gasteiger partial charge in [0.2, 0.25) is 0 Å². The minimum absolute atomic E-state index is 0.640. The maximum Gasteiger partial charge on any atom is 0.119 e. The molecule has 2 rings (SSSR count). The van der Waals surface area contributed by atoms with Crippen LogP contribution in [-0.4, -0.2) is 19.8 Å². The molecule has 0 radical (unpaired) electrons. The van der Waals surface area contributed by atoms with E-state index in [1.807, 2.05) is 48.5 Å². The normalized spacial score (nSPS) is 10.2. The van der Waals surface area contributed by atoms with E-state index in [2.05, 4.69) is 12.6 Å². The largest absolute Gasteiger partial charge is 0.494 e. The van der Waals surface area contributed by atoms with Crippen LogP contribution in [0.25, 0.3) is 11.1 Å². The third kappa shape index (κ3) is 6.82. The van der Waals surface area contributed by atoms with E-state index in [-0.39, 0.29) is 0 Å². The van der Waals surface area contributed by atoms with E-state index in [1.165, 1.54) is 0 Å². The van der Waals surface area contributed by atoms with Gasteiger partial charge in [-0.25, -0.2) is 0 Å². The number of ether oxygens (including phenoxy) is 2. The fourth-order valence-corrected chi connectivity index (χ4v) is 2.50. The van der Waals surface area contributed by atoms with Crippen molar-refractivity contribution in [2.24, 2.45) is 0 Å². The maximum absolute atomic E-state index is 8.84. The van der Waals surface area contributed by atoms with Crippen LogP contribution in [0.2, 0.25) is 0 Å². The molecule has 0 amide bonds. The summed E-state index contributed by atoms with van der Waals surface area (Å²) in [7, 11) is 0. The van der Waals surface area contributed by atoms with Gasteiger partial charge in [-0.05, 0) is 54.7 Å². The third-order valence-electron chi connectivity index (χ3n) is 3.89. The number of nitrogens with zero attached hydrogens (tertiary/aromatic N) is 1. The minimum atomic E-state index is 0.640. The van der Waals surface area contributed by atoms with Crippen molar-refractivity contribution < 1.29 is 9.47 Å². The molecule has 2 aromatic carbocycles. The zero-order valence-electron chi connectivity index (χ0n) is 14.6. The maximum atomic E-state index is 8.84. The highest BCUT2D eigenvalue weighted by atomic mass is 16.5. The smallest absolute Gasteiger partial charge is 0.119 e. The Labute approximate surface area is 150 Å². The fraction of sp³-hybridized carbons (Fsp3) is 0.318. The molecule has 0 aliphatic rings. The van der Waals surface area contributed by atoms with Crippen molar-refractivity contribution in [3.05, 3.63) is 66.7 Å². The summed E-state index contributed by atoms with van der Waals surface area (Å²) in [6.45, 7) is 5.81. The highest BCUT2D eigenvalue weighted by Crippen LogP contribution is 2.23. The molecule has 0 aliphatic carbocycles. The molecule has 0 saturated heterocycles. The van der Waals surface area contributed by atoms with Gasteiger partial charge in [0.25, 0.3) is 0 Å². The Morgan fingerprint density at radius 1 is 0.840 bits per heavy atom. The molecule has 0 fully saturated rings. The van der Waals surface area contributed by atoms with Gasteiger partial charge >= 0.3 is 0 Å². The lowest BCUT2D eigenvalue weighted by atomic mass is 10.0. The van der Waals surface area contributed by atoms with Crippen LogP contribution in [0.4, 0.5) is 0 Å². The molecule has 0 bridgehead atoms. The minimum Gasteiger partial charge on any atom is -0.494 e. The summed E-state index contributed by atoms with van der Waals surface area (Å²) < 4.78 is 11.1. The zero-order valence-corrected chi connectivity index (χ0v) is 14.6. The topological polar surface area (TPSA) is 42.2 Å². The summed E-state index contributed by atoms with van der Waals surface area (Å²) in [4.78, 5) is 0. The Morgan fingerprint density at radius 2 is 1.44 bits per heavy atom. The van der Waals surface area contributed by atoms with E-state index in [0.717, 1.165) is 55.8 Å². The Hall–Kier alpha value is -2.57. The quantitative estimate of drug-likeness (QED) is 0.410. The molecule has 25 heavy (non-hydrogen) atoms. The molecule has 3 heteroatoms. The highest BCUT2D eigenvalue weighted by molar-refractivity contribution is 5.64. The Kier molecular flexibility index (Phi) is 8.31. The molecule has 0 aromatic heterocycles. The summed E-state index contributed by atoms with van der Waals surface area (Å²) >= 11 is 0. The molecule has 3 nitrogen and oxygen atoms in total. The van der Waals surface area contributed by atoms with E-state index in [1.54, 1.807) is 6.08 Å². The van der Waals surface area contributed by atoms with Gasteiger partial charge in [0.15, 0.2) is 0 Å². The van der Waals surface area contributed by atoms with E-state index in [4.69, 9.17) is 14.7 Å². The van der Waals surface area contributed by atoms with Crippen LogP contribution in [0.15, 0.2) is 61.2 Å². The van der Waals surface area contributed by atoms with Crippen molar-refractivity contribution in [1.82, 2.24) is 0 Å². The van der Waals surface area contributed by atoms with Crippen LogP contribution >= 0.6 is 0 Å². The molecule has 0 spiro atoms. The standard InChI is InChI=1S/C22H25NO2/c1-2-15-24-16-5-3-4-6-17-25-22-13-11-21(12-14-22)20-9-7-19(18-23)8-10-20/h2,7-14H,1,3-6,15-17H2. The van der Waals surface area contributed by atoms with Gasteiger partial charge in [-0.2, -0.15) is 5.26 Å². The van der Waals surface area contributed by atoms with Crippen molar-refractivity contribution in [1.29, 1.82) is 5.26 Å². The molecule has 130 valence electrons. The van der Waals surface area contributed by atoms with Crippen molar-refractivity contribution in [3.63, 3.8) is 0 Å². The summed E-state index contributed by atoms with van der Waals surface area (Å²) in [6, 6.07) is 17.8. The predicted molar refractivity (Wildman–Crippen MR) is 102 cm³/mol. The van der Waals surface area contributed by atoms with Gasteiger partial charge in [-0.3, -0.25) is 0 Å². The summed E-state index contributed by atoms with van der Waals surface area (Å²) in [6.07, 6.45) is 6.24. The molecule has 0 N–H and O–H groups in total. The first-order chi connectivity index (χ1) is 12.3. The SMILES string of the molecule is C=CCOCCCCCCOc1ccc(-c2ccc(C#N)cc2)cc1. The fourth-order valence-electron chi connectivity index (χ4n) is 2.50. The summed E-state index contributed by atoms with van der Waals surface area (Å²) in [5.41, 5.74) is 2.90. The summed E-state index contributed by atoms with van der Waals surface area (Å²) in [5, 5.41) is 8.84. The number of rotatable bonds is 11. The molecule has 0 unspecified atom stereocenters. The van der Waals surface area contributed by atoms with Crippen LogP contribution in [0.3, 0.4) is 0 Å². The Balaban J connectivity index is 1.66. The van der Waals surface area contributed by atoms with E-state index < -0.39 is 0 Å². The monoisotopic (exact) mass is 335 g/mol. The van der Waals surface area contributed by atoms with Crippen molar-refractivity contribution in [2.45, 2.75) is 25.7 Å². The van der Waals surface area contributed by atoms with Gasteiger partial charge < -0.3 is 9.47 Å². The van der Waals surface area contributed by atoms with E-state index in [9.17, 15) is 0 Å². The average molecular weight is 335 g/mol. The molecular formula is C22H25NO2. The highest BCUT2D eigenvalue weighted by Gasteiger charge is 2.00. The van der Waals surface area contributed by atoms with Crippen LogP contribution in [0.1, 0.15) is 31.2 Å². The average Bonchev–Trinajstić information content (AvgIpc) is 2.67. The van der Waals surface area contributed by atoms with Crippen molar-refractivity contribution in [2.75, 3.05) is 19.8 Å². The van der Waals surface area contributed by atoms with Crippen LogP contribution in [0, 0.1) is 11.3 Å². The molecule has 0 heterocycles. The van der Waals surface area contributed by atoms with E-state index in [0.29, 0.717) is 12.2 Å². The zero-order chi connectivity index (χ0) is 17.7. The third-order valence-corrected chi connectivity index (χ3v) is 3.89. The Morgan fingerprint density at radius 3 is 2.04 bits per heavy atom. The summed E-state index contributed by atoms with van der Waals surface area (Å²) in [5.74, 6) is 0.895. The van der Waals surface area contributed by atoms with E-state index >= 15 is 0 Å². The van der Waals surface area contributed by atoms with Crippen LogP contribution < -0.4 is 4.74 Å². The first kappa shape index (κ1) is 18.8.